The summed E-state index contributed by atoms with van der Waals surface area (Å²) in [6.45, 7) is 2.81. The minimum atomic E-state index is -0.725. The average molecular weight is 268 g/mol. The quantitative estimate of drug-likeness (QED) is 0.782. The van der Waals surface area contributed by atoms with Crippen molar-refractivity contribution in [1.29, 1.82) is 0 Å². The molecule has 19 heavy (non-hydrogen) atoms. The fourth-order valence-electron chi connectivity index (χ4n) is 2.01. The van der Waals surface area contributed by atoms with Crippen molar-refractivity contribution in [2.75, 3.05) is 40.8 Å². The summed E-state index contributed by atoms with van der Waals surface area (Å²) in [6, 6.07) is 6.42. The lowest BCUT2D eigenvalue weighted by Gasteiger charge is -2.20. The fourth-order valence-corrected chi connectivity index (χ4v) is 2.01. The Kier molecular flexibility index (Phi) is 6.99. The number of halogens is 1. The van der Waals surface area contributed by atoms with Crippen LogP contribution in [0.15, 0.2) is 24.3 Å². The van der Waals surface area contributed by atoms with Gasteiger partial charge in [0.25, 0.3) is 0 Å². The van der Waals surface area contributed by atoms with E-state index < -0.39 is 6.10 Å². The Morgan fingerprint density at radius 3 is 2.42 bits per heavy atom. The summed E-state index contributed by atoms with van der Waals surface area (Å²) in [7, 11) is 6.15. The molecule has 0 saturated carbocycles. The molecule has 0 aromatic heterocycles. The van der Waals surface area contributed by atoms with Crippen molar-refractivity contribution in [2.45, 2.75) is 18.9 Å². The molecule has 4 heteroatoms. The Morgan fingerprint density at radius 2 is 1.79 bits per heavy atom. The van der Waals surface area contributed by atoms with Crippen LogP contribution in [0.2, 0.25) is 0 Å². The smallest absolute Gasteiger partial charge is 0.128 e. The van der Waals surface area contributed by atoms with Gasteiger partial charge in [-0.1, -0.05) is 18.2 Å². The number of aliphatic hydroxyl groups is 1. The van der Waals surface area contributed by atoms with E-state index >= 15 is 0 Å². The molecule has 1 atom stereocenters. The van der Waals surface area contributed by atoms with Gasteiger partial charge in [0, 0.05) is 12.1 Å². The van der Waals surface area contributed by atoms with Gasteiger partial charge in [0.2, 0.25) is 0 Å². The molecule has 0 fully saturated rings. The molecule has 0 heterocycles. The van der Waals surface area contributed by atoms with Crippen LogP contribution < -0.4 is 0 Å². The van der Waals surface area contributed by atoms with Crippen molar-refractivity contribution in [2.24, 2.45) is 0 Å². The van der Waals surface area contributed by atoms with Gasteiger partial charge in [-0.15, -0.1) is 0 Å². The van der Waals surface area contributed by atoms with Crippen LogP contribution in [0.1, 0.15) is 24.5 Å². The Hall–Kier alpha value is -0.970. The molecule has 0 saturated heterocycles. The van der Waals surface area contributed by atoms with E-state index in [0.717, 1.165) is 26.1 Å². The summed E-state index contributed by atoms with van der Waals surface area (Å²) < 4.78 is 13.5. The zero-order chi connectivity index (χ0) is 14.3. The third-order valence-corrected chi connectivity index (χ3v) is 3.19. The van der Waals surface area contributed by atoms with Gasteiger partial charge in [-0.3, -0.25) is 0 Å². The molecule has 3 nitrogen and oxygen atoms in total. The molecule has 108 valence electrons. The topological polar surface area (TPSA) is 26.7 Å². The highest BCUT2D eigenvalue weighted by atomic mass is 19.1. The third-order valence-electron chi connectivity index (χ3n) is 3.19. The van der Waals surface area contributed by atoms with E-state index in [9.17, 15) is 9.50 Å². The molecule has 1 aromatic rings. The zero-order valence-corrected chi connectivity index (χ0v) is 12.1. The van der Waals surface area contributed by atoms with Gasteiger partial charge < -0.3 is 14.9 Å². The minimum Gasteiger partial charge on any atom is -0.388 e. The molecule has 0 spiro atoms. The number of nitrogens with zero attached hydrogens (tertiary/aromatic N) is 2. The van der Waals surface area contributed by atoms with E-state index in [4.69, 9.17) is 0 Å². The molecule has 1 aromatic carbocycles. The maximum atomic E-state index is 13.5. The summed E-state index contributed by atoms with van der Waals surface area (Å²) in [5.41, 5.74) is 0.393. The average Bonchev–Trinajstić information content (AvgIpc) is 2.36. The lowest BCUT2D eigenvalue weighted by atomic mass is 10.1. The lowest BCUT2D eigenvalue weighted by molar-refractivity contribution is 0.144. The Bertz CT molecular complexity index is 371. The van der Waals surface area contributed by atoms with Crippen molar-refractivity contribution < 1.29 is 9.50 Å². The highest BCUT2D eigenvalue weighted by Crippen LogP contribution is 2.19. The van der Waals surface area contributed by atoms with Crippen LogP contribution in [0.3, 0.4) is 0 Å². The second kappa shape index (κ2) is 8.25. The van der Waals surface area contributed by atoms with Crippen LogP contribution in [-0.2, 0) is 0 Å². The van der Waals surface area contributed by atoms with E-state index in [1.165, 1.54) is 6.07 Å². The lowest BCUT2D eigenvalue weighted by Crippen LogP contribution is -2.25. The first-order chi connectivity index (χ1) is 9.00. The van der Waals surface area contributed by atoms with Gasteiger partial charge >= 0.3 is 0 Å². The Morgan fingerprint density at radius 1 is 1.11 bits per heavy atom. The number of rotatable bonds is 8. The Balaban J connectivity index is 2.30. The molecule has 0 radical (unpaired) electrons. The van der Waals surface area contributed by atoms with Gasteiger partial charge in [0.1, 0.15) is 5.82 Å². The van der Waals surface area contributed by atoms with Crippen LogP contribution >= 0.6 is 0 Å². The number of hydrogen-bond acceptors (Lipinski definition) is 3. The molecule has 1 N–H and O–H groups in total. The molecular weight excluding hydrogens is 243 g/mol. The predicted molar refractivity (Wildman–Crippen MR) is 76.6 cm³/mol. The summed E-state index contributed by atoms with van der Waals surface area (Å²) >= 11 is 0. The van der Waals surface area contributed by atoms with E-state index in [-0.39, 0.29) is 5.82 Å². The van der Waals surface area contributed by atoms with Crippen LogP contribution in [0, 0.1) is 5.82 Å². The van der Waals surface area contributed by atoms with E-state index in [2.05, 4.69) is 23.9 Å². The second-order valence-corrected chi connectivity index (χ2v) is 5.29. The van der Waals surface area contributed by atoms with Crippen LogP contribution in [0.25, 0.3) is 0 Å². The molecule has 0 aliphatic heterocycles. The maximum Gasteiger partial charge on any atom is 0.128 e. The fraction of sp³-hybridized carbons (Fsp3) is 0.600. The maximum absolute atomic E-state index is 13.5. The molecule has 0 bridgehead atoms. The summed E-state index contributed by atoms with van der Waals surface area (Å²) in [4.78, 5) is 4.33. The van der Waals surface area contributed by atoms with Gasteiger partial charge in [0.15, 0.2) is 0 Å². The normalized spacial score (nSPS) is 13.2. The van der Waals surface area contributed by atoms with E-state index in [1.807, 2.05) is 7.05 Å². The Labute approximate surface area is 115 Å². The SMILES string of the molecule is CN(C)CCCN(C)CCC(O)c1ccccc1F. The number of aliphatic hydroxyl groups excluding tert-OH is 1. The van der Waals surface area contributed by atoms with Crippen molar-refractivity contribution in [1.82, 2.24) is 9.80 Å². The summed E-state index contributed by atoms with van der Waals surface area (Å²) in [5, 5.41) is 9.99. The number of hydrogen-bond donors (Lipinski definition) is 1. The second-order valence-electron chi connectivity index (χ2n) is 5.29. The van der Waals surface area contributed by atoms with Crippen LogP contribution in [0.4, 0.5) is 4.39 Å². The van der Waals surface area contributed by atoms with Gasteiger partial charge in [-0.25, -0.2) is 4.39 Å². The summed E-state index contributed by atoms with van der Waals surface area (Å²) in [6.07, 6.45) is 0.927. The zero-order valence-electron chi connectivity index (χ0n) is 12.1. The van der Waals surface area contributed by atoms with Crippen molar-refractivity contribution in [3.05, 3.63) is 35.6 Å². The highest BCUT2D eigenvalue weighted by molar-refractivity contribution is 5.19. The highest BCUT2D eigenvalue weighted by Gasteiger charge is 2.12. The van der Waals surface area contributed by atoms with E-state index in [1.54, 1.807) is 18.2 Å². The molecular formula is C15H25FN2O. The van der Waals surface area contributed by atoms with Crippen molar-refractivity contribution >= 4 is 0 Å². The number of benzene rings is 1. The first-order valence-corrected chi connectivity index (χ1v) is 6.76. The largest absolute Gasteiger partial charge is 0.388 e. The monoisotopic (exact) mass is 268 g/mol. The van der Waals surface area contributed by atoms with Gasteiger partial charge in [-0.05, 0) is 53.1 Å². The van der Waals surface area contributed by atoms with Crippen molar-refractivity contribution in [3.8, 4) is 0 Å². The molecule has 0 amide bonds. The van der Waals surface area contributed by atoms with Gasteiger partial charge in [-0.2, -0.15) is 0 Å². The van der Waals surface area contributed by atoms with Crippen molar-refractivity contribution in [3.63, 3.8) is 0 Å². The first kappa shape index (κ1) is 16.1. The van der Waals surface area contributed by atoms with E-state index in [0.29, 0.717) is 12.0 Å². The van der Waals surface area contributed by atoms with Crippen LogP contribution in [-0.4, -0.2) is 55.7 Å². The molecule has 1 rings (SSSR count). The first-order valence-electron chi connectivity index (χ1n) is 6.76. The summed E-state index contributed by atoms with van der Waals surface area (Å²) in [5.74, 6) is -0.328. The predicted octanol–water partition coefficient (Wildman–Crippen LogP) is 2.13. The minimum absolute atomic E-state index is 0.328. The van der Waals surface area contributed by atoms with Crippen LogP contribution in [0.5, 0.6) is 0 Å². The molecule has 0 aliphatic rings. The third kappa shape index (κ3) is 6.14. The molecule has 0 aliphatic carbocycles. The molecule has 1 unspecified atom stereocenters. The standard InChI is InChI=1S/C15H25FN2O/c1-17(2)10-6-11-18(3)12-9-15(19)13-7-4-5-8-14(13)16/h4-5,7-8,15,19H,6,9-12H2,1-3H3. The van der Waals surface area contributed by atoms with Gasteiger partial charge in [0.05, 0.1) is 6.10 Å².